The fraction of sp³-hybridized carbons (Fsp3) is 0.500. The van der Waals surface area contributed by atoms with Gasteiger partial charge in [0, 0.05) is 31.6 Å². The summed E-state index contributed by atoms with van der Waals surface area (Å²) >= 11 is 0. The third-order valence-electron chi connectivity index (χ3n) is 6.65. The Kier molecular flexibility index (Phi) is 11.4. The Labute approximate surface area is 247 Å². The minimum Gasteiger partial charge on any atom is -0.494 e. The van der Waals surface area contributed by atoms with Gasteiger partial charge in [-0.2, -0.15) is 0 Å². The van der Waals surface area contributed by atoms with Crippen LogP contribution < -0.4 is 19.1 Å². The van der Waals surface area contributed by atoms with Gasteiger partial charge in [-0.15, -0.1) is 12.4 Å². The van der Waals surface area contributed by atoms with Crippen LogP contribution in [0, 0.1) is 11.2 Å². The van der Waals surface area contributed by atoms with E-state index in [4.69, 9.17) is 24.4 Å². The molecule has 0 atom stereocenters. The van der Waals surface area contributed by atoms with Crippen molar-refractivity contribution < 1.29 is 32.9 Å². The van der Waals surface area contributed by atoms with Gasteiger partial charge in [0.1, 0.15) is 18.2 Å². The largest absolute Gasteiger partial charge is 0.494 e. The van der Waals surface area contributed by atoms with E-state index >= 15 is 4.39 Å². The molecule has 0 spiro atoms. The average molecular weight is 594 g/mol. The molecule has 0 aromatic heterocycles. The highest BCUT2D eigenvalue weighted by atomic mass is 35.5. The summed E-state index contributed by atoms with van der Waals surface area (Å²) in [5.41, 5.74) is 2.30. The second-order valence-corrected chi connectivity index (χ2v) is 10.6. The Bertz CT molecular complexity index is 1290. The summed E-state index contributed by atoms with van der Waals surface area (Å²) in [6.45, 7) is 12.2. The number of fused-ring (bicyclic) bond motifs is 1. The van der Waals surface area contributed by atoms with Gasteiger partial charge in [0.05, 0.1) is 44.7 Å². The van der Waals surface area contributed by atoms with E-state index in [-0.39, 0.29) is 78.8 Å². The molecule has 2 aromatic carbocycles. The summed E-state index contributed by atoms with van der Waals surface area (Å²) in [4.78, 5) is 28.3. The number of ether oxygens (including phenoxy) is 4. The van der Waals surface area contributed by atoms with Gasteiger partial charge in [0.2, 0.25) is 0 Å². The maximum atomic E-state index is 15.5. The highest BCUT2D eigenvalue weighted by molar-refractivity contribution is 6.06. The maximum Gasteiger partial charge on any atom is 0.302 e. The molecule has 11 heteroatoms. The number of anilines is 1. The smallest absolute Gasteiger partial charge is 0.302 e. The second-order valence-electron chi connectivity index (χ2n) is 10.6. The number of likely N-dealkylation sites (N-methyl/N-ethyl adjacent to an activating group) is 1. The fourth-order valence-electron chi connectivity index (χ4n) is 4.70. The number of methoxy groups -OCH3 is 1. The minimum atomic E-state index is -0.654. The Morgan fingerprint density at radius 1 is 1.10 bits per heavy atom. The number of amidine groups is 1. The molecule has 0 saturated heterocycles. The van der Waals surface area contributed by atoms with Crippen molar-refractivity contribution >= 4 is 35.7 Å². The van der Waals surface area contributed by atoms with Crippen molar-refractivity contribution in [3.8, 4) is 17.2 Å². The van der Waals surface area contributed by atoms with Crippen LogP contribution >= 0.6 is 12.4 Å². The van der Waals surface area contributed by atoms with Gasteiger partial charge in [-0.1, -0.05) is 20.8 Å². The molecular weight excluding hydrogens is 553 g/mol. The zero-order valence-corrected chi connectivity index (χ0v) is 25.9. The van der Waals surface area contributed by atoms with Crippen molar-refractivity contribution in [1.29, 1.82) is 5.41 Å². The van der Waals surface area contributed by atoms with E-state index in [1.54, 1.807) is 38.0 Å². The molecule has 0 saturated carbocycles. The molecule has 0 unspecified atom stereocenters. The highest BCUT2D eigenvalue weighted by Crippen LogP contribution is 2.41. The zero-order chi connectivity index (χ0) is 29.8. The van der Waals surface area contributed by atoms with Crippen LogP contribution in [0.2, 0.25) is 0 Å². The zero-order valence-electron chi connectivity index (χ0n) is 25.1. The third kappa shape index (κ3) is 7.41. The molecule has 0 amide bonds. The fourth-order valence-corrected chi connectivity index (χ4v) is 4.70. The molecule has 0 fully saturated rings. The number of hydrogen-bond donors (Lipinski definition) is 1. The standard InChI is InChI=1S/C30H40FN3O6.ClH/c1-9-38-24-15-20-16-34(29(32)25(20)26(31)28(24)39-10-2)17-23(36)19-13-21(30(4,5)6)27(37-8)22(14-19)33(7)11-12-40-18(3)35;/h13-15,32H,9-12,16-17H2,1-8H3;1H. The van der Waals surface area contributed by atoms with E-state index in [1.807, 2.05) is 38.8 Å². The number of benzene rings is 2. The molecule has 1 aliphatic heterocycles. The summed E-state index contributed by atoms with van der Waals surface area (Å²) in [6, 6.07) is 5.25. The van der Waals surface area contributed by atoms with Crippen molar-refractivity contribution in [1.82, 2.24) is 4.90 Å². The quantitative estimate of drug-likeness (QED) is 0.259. The Morgan fingerprint density at radius 2 is 1.76 bits per heavy atom. The van der Waals surface area contributed by atoms with Gasteiger partial charge in [0.25, 0.3) is 0 Å². The summed E-state index contributed by atoms with van der Waals surface area (Å²) in [5, 5.41) is 8.68. The first kappa shape index (κ1) is 33.7. The normalized spacial score (nSPS) is 12.4. The molecule has 41 heavy (non-hydrogen) atoms. The number of carbonyl (C=O) groups excluding carboxylic acids is 2. The number of ketones is 1. The number of carbonyl (C=O) groups is 2. The predicted molar refractivity (Wildman–Crippen MR) is 159 cm³/mol. The Morgan fingerprint density at radius 3 is 2.32 bits per heavy atom. The van der Waals surface area contributed by atoms with Crippen LogP contribution in [0.4, 0.5) is 10.1 Å². The molecule has 0 radical (unpaired) electrons. The first-order valence-electron chi connectivity index (χ1n) is 13.4. The molecular formula is C30H41ClFN3O6. The maximum absolute atomic E-state index is 15.5. The van der Waals surface area contributed by atoms with Crippen LogP contribution in [0.5, 0.6) is 17.2 Å². The average Bonchev–Trinajstić information content (AvgIpc) is 3.19. The topological polar surface area (TPSA) is 101 Å². The summed E-state index contributed by atoms with van der Waals surface area (Å²) in [7, 11) is 3.42. The summed E-state index contributed by atoms with van der Waals surface area (Å²) in [6.07, 6.45) is 0. The molecule has 3 rings (SSSR count). The van der Waals surface area contributed by atoms with E-state index in [0.29, 0.717) is 35.7 Å². The van der Waals surface area contributed by atoms with Gasteiger partial charge < -0.3 is 28.7 Å². The number of halogens is 2. The molecule has 226 valence electrons. The van der Waals surface area contributed by atoms with Gasteiger partial charge >= 0.3 is 5.97 Å². The number of nitrogens with zero attached hydrogens (tertiary/aromatic N) is 2. The van der Waals surface area contributed by atoms with Crippen molar-refractivity contribution in [3.05, 3.63) is 46.3 Å². The van der Waals surface area contributed by atoms with Gasteiger partial charge in [-0.05, 0) is 43.0 Å². The van der Waals surface area contributed by atoms with Crippen molar-refractivity contribution in [2.45, 2.75) is 53.5 Å². The third-order valence-corrected chi connectivity index (χ3v) is 6.65. The lowest BCUT2D eigenvalue weighted by atomic mass is 9.84. The number of rotatable bonds is 12. The predicted octanol–water partition coefficient (Wildman–Crippen LogP) is 5.37. The highest BCUT2D eigenvalue weighted by Gasteiger charge is 2.34. The molecule has 1 N–H and O–H groups in total. The first-order valence-corrected chi connectivity index (χ1v) is 13.4. The first-order chi connectivity index (χ1) is 18.8. The van der Waals surface area contributed by atoms with Gasteiger partial charge in [-0.25, -0.2) is 4.39 Å². The molecule has 9 nitrogen and oxygen atoms in total. The van der Waals surface area contributed by atoms with Crippen LogP contribution in [-0.2, 0) is 21.5 Å². The molecule has 2 aromatic rings. The molecule has 0 bridgehead atoms. The lowest BCUT2D eigenvalue weighted by molar-refractivity contribution is -0.140. The minimum absolute atomic E-state index is 0. The number of esters is 1. The lowest BCUT2D eigenvalue weighted by Gasteiger charge is -2.29. The Balaban J connectivity index is 0.00000588. The van der Waals surface area contributed by atoms with Crippen LogP contribution in [0.15, 0.2) is 18.2 Å². The van der Waals surface area contributed by atoms with E-state index in [1.165, 1.54) is 6.92 Å². The summed E-state index contributed by atoms with van der Waals surface area (Å²) in [5.74, 6) is -0.431. The van der Waals surface area contributed by atoms with Gasteiger partial charge in [-0.3, -0.25) is 15.0 Å². The van der Waals surface area contributed by atoms with E-state index in [9.17, 15) is 9.59 Å². The van der Waals surface area contributed by atoms with Crippen LogP contribution in [0.25, 0.3) is 0 Å². The monoisotopic (exact) mass is 593 g/mol. The molecule has 1 aliphatic rings. The van der Waals surface area contributed by atoms with Gasteiger partial charge in [0.15, 0.2) is 23.1 Å². The Hall–Kier alpha value is -3.53. The van der Waals surface area contributed by atoms with E-state index in [2.05, 4.69) is 0 Å². The second kappa shape index (κ2) is 13.9. The van der Waals surface area contributed by atoms with Crippen molar-refractivity contribution in [2.24, 2.45) is 0 Å². The molecule has 1 heterocycles. The summed E-state index contributed by atoms with van der Waals surface area (Å²) < 4.78 is 37.5. The van der Waals surface area contributed by atoms with E-state index in [0.717, 1.165) is 5.56 Å². The van der Waals surface area contributed by atoms with Crippen LogP contribution in [-0.4, -0.2) is 69.6 Å². The van der Waals surface area contributed by atoms with Crippen LogP contribution in [0.3, 0.4) is 0 Å². The SMILES string of the molecule is CCOc1cc2c(c(F)c1OCC)C(=N)N(CC(=O)c1cc(N(C)CCOC(C)=O)c(OC)c(C(C)(C)C)c1)C2.Cl. The lowest BCUT2D eigenvalue weighted by Crippen LogP contribution is -2.31. The van der Waals surface area contributed by atoms with Crippen LogP contribution in [0.1, 0.15) is 68.6 Å². The molecule has 0 aliphatic carbocycles. The van der Waals surface area contributed by atoms with Crippen molar-refractivity contribution in [2.75, 3.05) is 52.0 Å². The number of nitrogens with one attached hydrogen (secondary N) is 1. The van der Waals surface area contributed by atoms with E-state index < -0.39 is 5.82 Å². The van der Waals surface area contributed by atoms with Crippen molar-refractivity contribution in [3.63, 3.8) is 0 Å². The number of Topliss-reactive ketones (excluding diaryl/α,β-unsaturated/α-hetero) is 1. The number of hydrogen-bond acceptors (Lipinski definition) is 8.